The Morgan fingerprint density at radius 1 is 1.28 bits per heavy atom. The largest absolute Gasteiger partial charge is 0.334 e. The molecule has 0 atom stereocenters. The Kier molecular flexibility index (Phi) is 5.05. The van der Waals surface area contributed by atoms with Crippen LogP contribution in [0, 0.1) is 0 Å². The van der Waals surface area contributed by atoms with Crippen molar-refractivity contribution in [2.75, 3.05) is 6.54 Å². The molecule has 0 bridgehead atoms. The molecule has 0 aliphatic heterocycles. The Balaban J connectivity index is 1.67. The summed E-state index contributed by atoms with van der Waals surface area (Å²) in [5.74, 6) is 0. The fraction of sp³-hybridized carbons (Fsp3) is 0.562. The monoisotopic (exact) mass is 365 g/mol. The summed E-state index contributed by atoms with van der Waals surface area (Å²) in [5, 5.41) is 4.36. The number of hydrogen-bond acceptors (Lipinski definition) is 5. The lowest BCUT2D eigenvalue weighted by Gasteiger charge is -2.15. The molecule has 2 heterocycles. The van der Waals surface area contributed by atoms with Crippen molar-refractivity contribution in [3.05, 3.63) is 40.2 Å². The van der Waals surface area contributed by atoms with Gasteiger partial charge in [0.15, 0.2) is 5.03 Å². The van der Waals surface area contributed by atoms with Crippen molar-refractivity contribution >= 4 is 10.0 Å². The molecule has 0 unspecified atom stereocenters. The van der Waals surface area contributed by atoms with E-state index in [1.807, 2.05) is 13.8 Å². The molecule has 9 heteroatoms. The highest BCUT2D eigenvalue weighted by molar-refractivity contribution is 7.89. The molecule has 136 valence electrons. The van der Waals surface area contributed by atoms with Gasteiger partial charge in [-0.05, 0) is 45.1 Å². The first-order valence-corrected chi connectivity index (χ1v) is 9.98. The minimum atomic E-state index is -3.70. The van der Waals surface area contributed by atoms with Crippen LogP contribution in [0.2, 0.25) is 0 Å². The van der Waals surface area contributed by atoms with Crippen LogP contribution in [-0.4, -0.2) is 34.3 Å². The highest BCUT2D eigenvalue weighted by Crippen LogP contribution is 2.16. The second kappa shape index (κ2) is 7.09. The third-order valence-electron chi connectivity index (χ3n) is 4.34. The highest BCUT2D eigenvalue weighted by Gasteiger charge is 2.18. The van der Waals surface area contributed by atoms with Gasteiger partial charge in [0, 0.05) is 24.8 Å². The molecule has 2 aromatic heterocycles. The summed E-state index contributed by atoms with van der Waals surface area (Å²) in [6.07, 6.45) is 6.91. The Hall–Kier alpha value is -2.00. The van der Waals surface area contributed by atoms with Crippen LogP contribution in [0.5, 0.6) is 0 Å². The molecule has 0 amide bonds. The van der Waals surface area contributed by atoms with Gasteiger partial charge in [-0.1, -0.05) is 0 Å². The number of fused-ring (bicyclic) bond motifs is 1. The molecule has 0 saturated carbocycles. The standard InChI is InChI=1S/C16H23N5O3S/c1-12(2)20-10-15(17-11-20)25(23,24)18-7-8-21-16(22)9-13-5-3-4-6-14(13)19-21/h9-12,18H,3-8H2,1-2H3. The zero-order chi connectivity index (χ0) is 18.0. The second-order valence-corrected chi connectivity index (χ2v) is 8.25. The summed E-state index contributed by atoms with van der Waals surface area (Å²) in [5.41, 5.74) is 1.78. The van der Waals surface area contributed by atoms with Crippen molar-refractivity contribution in [3.8, 4) is 0 Å². The van der Waals surface area contributed by atoms with Gasteiger partial charge in [0.1, 0.15) is 0 Å². The van der Waals surface area contributed by atoms with Gasteiger partial charge in [-0.2, -0.15) is 5.10 Å². The Bertz CT molecular complexity index is 914. The van der Waals surface area contributed by atoms with E-state index in [-0.39, 0.29) is 29.7 Å². The lowest BCUT2D eigenvalue weighted by molar-refractivity contribution is 0.525. The van der Waals surface area contributed by atoms with Gasteiger partial charge in [-0.15, -0.1) is 0 Å². The van der Waals surface area contributed by atoms with E-state index in [2.05, 4.69) is 14.8 Å². The molecule has 1 aliphatic rings. The molecule has 0 fully saturated rings. The van der Waals surface area contributed by atoms with Crippen LogP contribution in [0.25, 0.3) is 0 Å². The SMILES string of the molecule is CC(C)n1cnc(S(=O)(=O)NCCn2nc3c(cc2=O)CCCC3)c1. The van der Waals surface area contributed by atoms with E-state index in [0.29, 0.717) is 0 Å². The fourth-order valence-electron chi connectivity index (χ4n) is 2.86. The summed E-state index contributed by atoms with van der Waals surface area (Å²) in [6.45, 7) is 4.16. The molecule has 2 aromatic rings. The molecule has 3 rings (SSSR count). The summed E-state index contributed by atoms with van der Waals surface area (Å²) >= 11 is 0. The van der Waals surface area contributed by atoms with E-state index < -0.39 is 10.0 Å². The molecule has 0 aromatic carbocycles. The number of hydrogen-bond donors (Lipinski definition) is 1. The van der Waals surface area contributed by atoms with Gasteiger partial charge >= 0.3 is 0 Å². The number of imidazole rings is 1. The number of aryl methyl sites for hydroxylation is 2. The summed E-state index contributed by atoms with van der Waals surface area (Å²) in [7, 11) is -3.70. The smallest absolute Gasteiger partial charge is 0.267 e. The second-order valence-electron chi connectivity index (χ2n) is 6.54. The van der Waals surface area contributed by atoms with Crippen LogP contribution in [0.15, 0.2) is 28.4 Å². The van der Waals surface area contributed by atoms with Crippen LogP contribution in [0.4, 0.5) is 0 Å². The van der Waals surface area contributed by atoms with Crippen molar-refractivity contribution in [1.82, 2.24) is 24.1 Å². The number of nitrogens with zero attached hydrogens (tertiary/aromatic N) is 4. The van der Waals surface area contributed by atoms with E-state index >= 15 is 0 Å². The maximum Gasteiger partial charge on any atom is 0.267 e. The van der Waals surface area contributed by atoms with E-state index in [0.717, 1.165) is 36.9 Å². The van der Waals surface area contributed by atoms with Crippen LogP contribution >= 0.6 is 0 Å². The molecule has 1 aliphatic carbocycles. The van der Waals surface area contributed by atoms with Crippen LogP contribution in [0.1, 0.15) is 44.0 Å². The van der Waals surface area contributed by atoms with E-state index in [9.17, 15) is 13.2 Å². The molecule has 0 saturated heterocycles. The first-order valence-electron chi connectivity index (χ1n) is 8.50. The zero-order valence-electron chi connectivity index (χ0n) is 14.5. The van der Waals surface area contributed by atoms with E-state index in [4.69, 9.17) is 0 Å². The van der Waals surface area contributed by atoms with Crippen LogP contribution in [-0.2, 0) is 29.4 Å². The zero-order valence-corrected chi connectivity index (χ0v) is 15.3. The van der Waals surface area contributed by atoms with Gasteiger partial charge in [0.25, 0.3) is 15.6 Å². The minimum absolute atomic E-state index is 0.0213. The lowest BCUT2D eigenvalue weighted by Crippen LogP contribution is -2.33. The van der Waals surface area contributed by atoms with Gasteiger partial charge < -0.3 is 4.57 Å². The molecular weight excluding hydrogens is 342 g/mol. The predicted octanol–water partition coefficient (Wildman–Crippen LogP) is 0.878. The normalized spacial score (nSPS) is 14.7. The number of sulfonamides is 1. The first kappa shape index (κ1) is 17.8. The molecule has 0 radical (unpaired) electrons. The summed E-state index contributed by atoms with van der Waals surface area (Å²) in [6, 6.07) is 1.76. The fourth-order valence-corrected chi connectivity index (χ4v) is 3.81. The minimum Gasteiger partial charge on any atom is -0.334 e. The number of nitrogens with one attached hydrogen (secondary N) is 1. The first-order chi connectivity index (χ1) is 11.9. The van der Waals surface area contributed by atoms with Gasteiger partial charge in [0.2, 0.25) is 0 Å². The third kappa shape index (κ3) is 3.98. The summed E-state index contributed by atoms with van der Waals surface area (Å²) < 4.78 is 30.1. The van der Waals surface area contributed by atoms with Crippen molar-refractivity contribution in [2.24, 2.45) is 0 Å². The summed E-state index contributed by atoms with van der Waals surface area (Å²) in [4.78, 5) is 16.0. The van der Waals surface area contributed by atoms with Crippen molar-refractivity contribution < 1.29 is 8.42 Å². The molecular formula is C16H23N5O3S. The van der Waals surface area contributed by atoms with Crippen LogP contribution in [0.3, 0.4) is 0 Å². The third-order valence-corrected chi connectivity index (χ3v) is 5.68. The highest BCUT2D eigenvalue weighted by atomic mass is 32.2. The average molecular weight is 365 g/mol. The van der Waals surface area contributed by atoms with Gasteiger partial charge in [-0.25, -0.2) is 22.8 Å². The molecule has 8 nitrogen and oxygen atoms in total. The Labute approximate surface area is 146 Å². The topological polar surface area (TPSA) is 98.9 Å². The molecule has 25 heavy (non-hydrogen) atoms. The molecule has 1 N–H and O–H groups in total. The number of rotatable bonds is 6. The van der Waals surface area contributed by atoms with E-state index in [1.54, 1.807) is 10.6 Å². The van der Waals surface area contributed by atoms with E-state index in [1.165, 1.54) is 17.2 Å². The Morgan fingerprint density at radius 3 is 2.76 bits per heavy atom. The predicted molar refractivity (Wildman–Crippen MR) is 92.9 cm³/mol. The van der Waals surface area contributed by atoms with Crippen molar-refractivity contribution in [3.63, 3.8) is 0 Å². The maximum atomic E-state index is 12.3. The van der Waals surface area contributed by atoms with Crippen LogP contribution < -0.4 is 10.3 Å². The number of aromatic nitrogens is 4. The van der Waals surface area contributed by atoms with Crippen molar-refractivity contribution in [2.45, 2.75) is 57.1 Å². The molecule has 0 spiro atoms. The Morgan fingerprint density at radius 2 is 2.04 bits per heavy atom. The quantitative estimate of drug-likeness (QED) is 0.819. The lowest BCUT2D eigenvalue weighted by atomic mass is 9.97. The average Bonchev–Trinajstić information content (AvgIpc) is 3.06. The maximum absolute atomic E-state index is 12.3. The van der Waals surface area contributed by atoms with Crippen molar-refractivity contribution in [1.29, 1.82) is 0 Å². The van der Waals surface area contributed by atoms with Gasteiger partial charge in [0.05, 0.1) is 18.6 Å². The van der Waals surface area contributed by atoms with Gasteiger partial charge in [-0.3, -0.25) is 4.79 Å².